The molecule has 2 N–H and O–H groups in total. The fraction of sp³-hybridized carbons (Fsp3) is 0.0833. The van der Waals surface area contributed by atoms with Crippen LogP contribution in [0.3, 0.4) is 0 Å². The number of hydrogen-bond donors (Lipinski definition) is 1. The Morgan fingerprint density at radius 1 is 1.07 bits per heavy atom. The summed E-state index contributed by atoms with van der Waals surface area (Å²) in [5.74, 6) is -0.239. The summed E-state index contributed by atoms with van der Waals surface area (Å²) in [4.78, 5) is 4.25. The maximum atomic E-state index is 12.7. The summed E-state index contributed by atoms with van der Waals surface area (Å²) in [6.07, 6.45) is 1.73. The minimum Gasteiger partial charge on any atom is -0.326 e. The van der Waals surface area contributed by atoms with Crippen molar-refractivity contribution in [3.05, 3.63) is 54.0 Å². The zero-order chi connectivity index (χ0) is 10.7. The smallest absolute Gasteiger partial charge is 0.123 e. The van der Waals surface area contributed by atoms with Gasteiger partial charge in [0.1, 0.15) is 5.82 Å². The number of aromatic nitrogens is 1. The van der Waals surface area contributed by atoms with Crippen molar-refractivity contribution in [1.29, 1.82) is 0 Å². The van der Waals surface area contributed by atoms with E-state index in [2.05, 4.69) is 4.98 Å². The van der Waals surface area contributed by atoms with Crippen LogP contribution in [0.15, 0.2) is 42.6 Å². The summed E-state index contributed by atoms with van der Waals surface area (Å²) in [5.41, 5.74) is 8.18. The molecule has 0 spiro atoms. The highest BCUT2D eigenvalue weighted by Crippen LogP contribution is 2.17. The molecule has 1 heterocycles. The monoisotopic (exact) mass is 202 g/mol. The molecule has 0 amide bonds. The molecule has 15 heavy (non-hydrogen) atoms. The second-order valence-electron chi connectivity index (χ2n) is 3.26. The van der Waals surface area contributed by atoms with Gasteiger partial charge in [-0.25, -0.2) is 4.39 Å². The third-order valence-electron chi connectivity index (χ3n) is 2.20. The number of pyridine rings is 1. The summed E-state index contributed by atoms with van der Waals surface area (Å²) >= 11 is 0. The zero-order valence-electron chi connectivity index (χ0n) is 8.15. The van der Waals surface area contributed by atoms with Crippen LogP contribution in [0.1, 0.15) is 5.56 Å². The van der Waals surface area contributed by atoms with E-state index in [1.807, 2.05) is 12.1 Å². The fourth-order valence-electron chi connectivity index (χ4n) is 1.34. The summed E-state index contributed by atoms with van der Waals surface area (Å²) < 4.78 is 12.7. The largest absolute Gasteiger partial charge is 0.326 e. The van der Waals surface area contributed by atoms with Gasteiger partial charge in [-0.1, -0.05) is 6.07 Å². The molecule has 76 valence electrons. The second kappa shape index (κ2) is 4.19. The maximum absolute atomic E-state index is 12.7. The molecule has 0 fully saturated rings. The topological polar surface area (TPSA) is 38.9 Å². The lowest BCUT2D eigenvalue weighted by atomic mass is 10.1. The lowest BCUT2D eigenvalue weighted by molar-refractivity contribution is 0.628. The van der Waals surface area contributed by atoms with Crippen molar-refractivity contribution in [3.63, 3.8) is 0 Å². The normalized spacial score (nSPS) is 10.3. The molecular formula is C12H11FN2. The number of halogens is 1. The fourth-order valence-corrected chi connectivity index (χ4v) is 1.34. The highest BCUT2D eigenvalue weighted by atomic mass is 19.1. The van der Waals surface area contributed by atoms with Crippen LogP contribution in [-0.2, 0) is 6.54 Å². The minimum absolute atomic E-state index is 0.239. The Kier molecular flexibility index (Phi) is 2.74. The standard InChI is InChI=1S/C12H11FN2/c13-11-4-2-10(3-5-11)12-6-1-9(7-14)8-15-12/h1-6,8H,7,14H2. The predicted molar refractivity (Wildman–Crippen MR) is 57.5 cm³/mol. The molecular weight excluding hydrogens is 191 g/mol. The van der Waals surface area contributed by atoms with Crippen molar-refractivity contribution in [2.24, 2.45) is 5.73 Å². The molecule has 0 radical (unpaired) electrons. The zero-order valence-corrected chi connectivity index (χ0v) is 8.15. The molecule has 0 aliphatic carbocycles. The SMILES string of the molecule is NCc1ccc(-c2ccc(F)cc2)nc1. The maximum Gasteiger partial charge on any atom is 0.123 e. The average Bonchev–Trinajstić information content (AvgIpc) is 2.30. The first-order valence-electron chi connectivity index (χ1n) is 4.70. The van der Waals surface area contributed by atoms with Gasteiger partial charge in [-0.2, -0.15) is 0 Å². The molecule has 2 nitrogen and oxygen atoms in total. The van der Waals surface area contributed by atoms with Gasteiger partial charge >= 0.3 is 0 Å². The van der Waals surface area contributed by atoms with E-state index < -0.39 is 0 Å². The van der Waals surface area contributed by atoms with Crippen molar-refractivity contribution in [3.8, 4) is 11.3 Å². The molecule has 0 unspecified atom stereocenters. The lowest BCUT2D eigenvalue weighted by Crippen LogP contribution is -1.96. The molecule has 0 atom stereocenters. The molecule has 0 saturated heterocycles. The minimum atomic E-state index is -0.239. The third kappa shape index (κ3) is 2.19. The number of benzene rings is 1. The van der Waals surface area contributed by atoms with Gasteiger partial charge in [0.15, 0.2) is 0 Å². The first-order valence-corrected chi connectivity index (χ1v) is 4.70. The van der Waals surface area contributed by atoms with E-state index in [1.165, 1.54) is 12.1 Å². The van der Waals surface area contributed by atoms with Crippen molar-refractivity contribution in [2.45, 2.75) is 6.54 Å². The third-order valence-corrected chi connectivity index (χ3v) is 2.20. The predicted octanol–water partition coefficient (Wildman–Crippen LogP) is 2.35. The summed E-state index contributed by atoms with van der Waals surface area (Å²) in [7, 11) is 0. The van der Waals surface area contributed by atoms with Gasteiger partial charge in [0.2, 0.25) is 0 Å². The first kappa shape index (κ1) is 9.80. The van der Waals surface area contributed by atoms with E-state index in [9.17, 15) is 4.39 Å². The van der Waals surface area contributed by atoms with Gasteiger partial charge in [0, 0.05) is 18.3 Å². The molecule has 3 heteroatoms. The summed E-state index contributed by atoms with van der Waals surface area (Å²) in [6, 6.07) is 10.1. The highest BCUT2D eigenvalue weighted by molar-refractivity contribution is 5.58. The Morgan fingerprint density at radius 3 is 2.33 bits per heavy atom. The number of nitrogens with zero attached hydrogens (tertiary/aromatic N) is 1. The summed E-state index contributed by atoms with van der Waals surface area (Å²) in [5, 5.41) is 0. The summed E-state index contributed by atoms with van der Waals surface area (Å²) in [6.45, 7) is 0.483. The van der Waals surface area contributed by atoms with Gasteiger partial charge in [0.05, 0.1) is 5.69 Å². The van der Waals surface area contributed by atoms with E-state index in [0.717, 1.165) is 16.8 Å². The molecule has 0 bridgehead atoms. The number of hydrogen-bond acceptors (Lipinski definition) is 2. The van der Waals surface area contributed by atoms with Crippen LogP contribution in [0.4, 0.5) is 4.39 Å². The molecule has 2 aromatic rings. The van der Waals surface area contributed by atoms with Crippen LogP contribution in [0, 0.1) is 5.82 Å². The molecule has 0 aliphatic rings. The Hall–Kier alpha value is -1.74. The molecule has 2 rings (SSSR count). The van der Waals surface area contributed by atoms with Gasteiger partial charge < -0.3 is 5.73 Å². The molecule has 0 saturated carbocycles. The lowest BCUT2D eigenvalue weighted by Gasteiger charge is -2.01. The Morgan fingerprint density at radius 2 is 1.80 bits per heavy atom. The number of rotatable bonds is 2. The van der Waals surface area contributed by atoms with Crippen LogP contribution >= 0.6 is 0 Å². The quantitative estimate of drug-likeness (QED) is 0.811. The Balaban J connectivity index is 2.33. The molecule has 1 aromatic carbocycles. The molecule has 0 aliphatic heterocycles. The van der Waals surface area contributed by atoms with E-state index in [-0.39, 0.29) is 5.82 Å². The number of nitrogens with two attached hydrogens (primary N) is 1. The van der Waals surface area contributed by atoms with Crippen molar-refractivity contribution in [2.75, 3.05) is 0 Å². The van der Waals surface area contributed by atoms with Gasteiger partial charge in [0.25, 0.3) is 0 Å². The first-order chi connectivity index (χ1) is 7.29. The van der Waals surface area contributed by atoms with Gasteiger partial charge in [-0.05, 0) is 35.9 Å². The van der Waals surface area contributed by atoms with E-state index in [0.29, 0.717) is 6.54 Å². The van der Waals surface area contributed by atoms with Gasteiger partial charge in [-0.3, -0.25) is 4.98 Å². The second-order valence-corrected chi connectivity index (χ2v) is 3.26. The van der Waals surface area contributed by atoms with Crippen molar-refractivity contribution in [1.82, 2.24) is 4.98 Å². The Labute approximate surface area is 87.6 Å². The van der Waals surface area contributed by atoms with E-state index in [1.54, 1.807) is 18.3 Å². The van der Waals surface area contributed by atoms with Crippen LogP contribution in [0.25, 0.3) is 11.3 Å². The van der Waals surface area contributed by atoms with Crippen LogP contribution in [0.2, 0.25) is 0 Å². The molecule has 1 aromatic heterocycles. The van der Waals surface area contributed by atoms with Crippen molar-refractivity contribution >= 4 is 0 Å². The van der Waals surface area contributed by atoms with Crippen molar-refractivity contribution < 1.29 is 4.39 Å². The highest BCUT2D eigenvalue weighted by Gasteiger charge is 1.99. The van der Waals surface area contributed by atoms with Crippen LogP contribution < -0.4 is 5.73 Å². The average molecular weight is 202 g/mol. The van der Waals surface area contributed by atoms with E-state index >= 15 is 0 Å². The Bertz CT molecular complexity index is 434. The van der Waals surface area contributed by atoms with E-state index in [4.69, 9.17) is 5.73 Å². The van der Waals surface area contributed by atoms with Crippen LogP contribution in [-0.4, -0.2) is 4.98 Å². The van der Waals surface area contributed by atoms with Gasteiger partial charge in [-0.15, -0.1) is 0 Å². The van der Waals surface area contributed by atoms with Crippen LogP contribution in [0.5, 0.6) is 0 Å².